The summed E-state index contributed by atoms with van der Waals surface area (Å²) in [5, 5.41) is 5.91. The van der Waals surface area contributed by atoms with E-state index < -0.39 is 0 Å². The van der Waals surface area contributed by atoms with Gasteiger partial charge in [-0.25, -0.2) is 9.97 Å². The number of nitrogens with zero attached hydrogens (tertiary/aromatic N) is 2. The number of aromatic amines is 1. The average molecular weight is 414 g/mol. The van der Waals surface area contributed by atoms with Gasteiger partial charge in [-0.2, -0.15) is 0 Å². The molecule has 7 nitrogen and oxygen atoms in total. The van der Waals surface area contributed by atoms with Crippen LogP contribution in [-0.4, -0.2) is 38.8 Å². The molecule has 0 radical (unpaired) electrons. The van der Waals surface area contributed by atoms with Crippen molar-refractivity contribution in [3.8, 4) is 10.6 Å². The fourth-order valence-electron chi connectivity index (χ4n) is 2.61. The monoisotopic (exact) mass is 413 g/mol. The van der Waals surface area contributed by atoms with Crippen LogP contribution in [0, 0.1) is 5.41 Å². The van der Waals surface area contributed by atoms with Crippen LogP contribution < -0.4 is 10.6 Å². The second-order valence-electron chi connectivity index (χ2n) is 8.51. The maximum atomic E-state index is 12.8. The Morgan fingerprint density at radius 2 is 1.83 bits per heavy atom. The van der Waals surface area contributed by atoms with Crippen LogP contribution in [0.5, 0.6) is 0 Å². The van der Waals surface area contributed by atoms with E-state index in [1.807, 2.05) is 26.8 Å². The van der Waals surface area contributed by atoms with E-state index in [-0.39, 0.29) is 29.3 Å². The van der Waals surface area contributed by atoms with E-state index in [2.05, 4.69) is 46.4 Å². The predicted octanol–water partition coefficient (Wildman–Crippen LogP) is 3.99. The minimum absolute atomic E-state index is 0.00424. The smallest absolute Gasteiger partial charge is 0.261 e. The van der Waals surface area contributed by atoms with Crippen molar-refractivity contribution >= 4 is 34.3 Å². The van der Waals surface area contributed by atoms with Crippen molar-refractivity contribution < 1.29 is 9.59 Å². The first-order valence-corrected chi connectivity index (χ1v) is 10.4. The first-order valence-electron chi connectivity index (χ1n) is 9.62. The van der Waals surface area contributed by atoms with E-state index in [9.17, 15) is 9.59 Å². The zero-order valence-electron chi connectivity index (χ0n) is 17.6. The molecule has 1 unspecified atom stereocenters. The molecule has 0 aliphatic rings. The maximum Gasteiger partial charge on any atom is 0.261 e. The molecule has 154 valence electrons. The Bertz CT molecular complexity index is 1040. The summed E-state index contributed by atoms with van der Waals surface area (Å²) in [7, 11) is 0. The number of hydrogen-bond donors (Lipinski definition) is 3. The lowest BCUT2D eigenvalue weighted by atomic mass is 9.88. The predicted molar refractivity (Wildman–Crippen MR) is 116 cm³/mol. The number of hydrogen-bond acceptors (Lipinski definition) is 5. The minimum Gasteiger partial charge on any atom is -0.349 e. The highest BCUT2D eigenvalue weighted by Gasteiger charge is 2.24. The second-order valence-corrected chi connectivity index (χ2v) is 9.59. The third-order valence-corrected chi connectivity index (χ3v) is 5.88. The Labute approximate surface area is 174 Å². The van der Waals surface area contributed by atoms with Gasteiger partial charge in [-0.1, -0.05) is 20.8 Å². The zero-order valence-corrected chi connectivity index (χ0v) is 18.4. The Morgan fingerprint density at radius 1 is 1.10 bits per heavy atom. The van der Waals surface area contributed by atoms with Gasteiger partial charge in [0.1, 0.15) is 5.52 Å². The van der Waals surface area contributed by atoms with Crippen molar-refractivity contribution in [3.63, 3.8) is 0 Å². The van der Waals surface area contributed by atoms with Gasteiger partial charge in [0.05, 0.1) is 27.2 Å². The first-order chi connectivity index (χ1) is 13.6. The summed E-state index contributed by atoms with van der Waals surface area (Å²) in [6.07, 6.45) is 3.28. The molecule has 0 bridgehead atoms. The largest absolute Gasteiger partial charge is 0.349 e. The van der Waals surface area contributed by atoms with Crippen LogP contribution in [0.4, 0.5) is 0 Å². The van der Waals surface area contributed by atoms with Gasteiger partial charge in [-0.3, -0.25) is 9.59 Å². The summed E-state index contributed by atoms with van der Waals surface area (Å²) in [4.78, 5) is 38.5. The summed E-state index contributed by atoms with van der Waals surface area (Å²) >= 11 is 1.35. The lowest BCUT2D eigenvalue weighted by molar-refractivity contribution is 0.0910. The molecule has 0 aromatic carbocycles. The molecule has 2 amide bonds. The van der Waals surface area contributed by atoms with Crippen molar-refractivity contribution in [1.29, 1.82) is 0 Å². The van der Waals surface area contributed by atoms with E-state index in [0.29, 0.717) is 27.3 Å². The van der Waals surface area contributed by atoms with Crippen molar-refractivity contribution in [2.45, 2.75) is 53.6 Å². The van der Waals surface area contributed by atoms with Crippen LogP contribution >= 0.6 is 11.3 Å². The number of rotatable bonds is 5. The maximum absolute atomic E-state index is 12.8. The lowest BCUT2D eigenvalue weighted by Crippen LogP contribution is -2.41. The molecule has 0 saturated heterocycles. The number of amides is 2. The standard InChI is InChI=1S/C21H27N5O2S/c1-11(2)24-20(28)16-8-7-15(29-16)14-10-23-18-17(26-14)13(9-22-18)19(27)25-12(3)21(4,5)6/h7-12H,1-6H3,(H,22,23)(H,24,28)(H,25,27). The molecule has 3 heterocycles. The SMILES string of the molecule is CC(C)NC(=O)c1ccc(-c2cnc3[nH]cc(C(=O)NC(C)C(C)(C)C)c3n2)s1. The summed E-state index contributed by atoms with van der Waals surface area (Å²) in [6.45, 7) is 12.1. The number of H-pyrrole nitrogens is 1. The van der Waals surface area contributed by atoms with Crippen LogP contribution in [0.3, 0.4) is 0 Å². The van der Waals surface area contributed by atoms with Crippen molar-refractivity contribution in [3.05, 3.63) is 35.0 Å². The molecule has 29 heavy (non-hydrogen) atoms. The topological polar surface area (TPSA) is 99.8 Å². The van der Waals surface area contributed by atoms with Crippen LogP contribution in [0.15, 0.2) is 24.5 Å². The van der Waals surface area contributed by atoms with Gasteiger partial charge in [-0.15, -0.1) is 11.3 Å². The van der Waals surface area contributed by atoms with Gasteiger partial charge in [-0.05, 0) is 38.3 Å². The van der Waals surface area contributed by atoms with E-state index in [4.69, 9.17) is 0 Å². The summed E-state index contributed by atoms with van der Waals surface area (Å²) in [6, 6.07) is 3.69. The third kappa shape index (κ3) is 4.64. The Morgan fingerprint density at radius 3 is 2.48 bits per heavy atom. The second kappa shape index (κ2) is 7.94. The first kappa shape index (κ1) is 21.0. The molecular formula is C21H27N5O2S. The molecule has 0 fully saturated rings. The summed E-state index contributed by atoms with van der Waals surface area (Å²) in [5.74, 6) is -0.295. The lowest BCUT2D eigenvalue weighted by Gasteiger charge is -2.27. The average Bonchev–Trinajstić information content (AvgIpc) is 3.27. The van der Waals surface area contributed by atoms with Crippen LogP contribution in [0.2, 0.25) is 0 Å². The van der Waals surface area contributed by atoms with E-state index >= 15 is 0 Å². The molecule has 0 saturated carbocycles. The molecule has 3 rings (SSSR count). The van der Waals surface area contributed by atoms with Gasteiger partial charge in [0.15, 0.2) is 5.65 Å². The van der Waals surface area contributed by atoms with Gasteiger partial charge in [0.25, 0.3) is 11.8 Å². The molecule has 0 aliphatic heterocycles. The van der Waals surface area contributed by atoms with Gasteiger partial charge in [0.2, 0.25) is 0 Å². The quantitative estimate of drug-likeness (QED) is 0.589. The molecule has 0 spiro atoms. The highest BCUT2D eigenvalue weighted by Crippen LogP contribution is 2.28. The number of carbonyl (C=O) groups excluding carboxylic acids is 2. The van der Waals surface area contributed by atoms with Crippen molar-refractivity contribution in [2.75, 3.05) is 0 Å². The Balaban J connectivity index is 1.89. The number of thiophene rings is 1. The van der Waals surface area contributed by atoms with Gasteiger partial charge < -0.3 is 15.6 Å². The van der Waals surface area contributed by atoms with Gasteiger partial charge >= 0.3 is 0 Å². The van der Waals surface area contributed by atoms with Crippen molar-refractivity contribution in [2.24, 2.45) is 5.41 Å². The van der Waals surface area contributed by atoms with Gasteiger partial charge in [0, 0.05) is 18.3 Å². The fraction of sp³-hybridized carbons (Fsp3) is 0.429. The van der Waals surface area contributed by atoms with Crippen LogP contribution in [0.25, 0.3) is 21.7 Å². The third-order valence-electron chi connectivity index (χ3n) is 4.77. The normalized spacial score (nSPS) is 12.9. The molecule has 8 heteroatoms. The van der Waals surface area contributed by atoms with Crippen LogP contribution in [-0.2, 0) is 0 Å². The Kier molecular flexibility index (Phi) is 5.75. The van der Waals surface area contributed by atoms with E-state index in [1.165, 1.54) is 11.3 Å². The Hall–Kier alpha value is -2.74. The highest BCUT2D eigenvalue weighted by atomic mass is 32.1. The molecule has 0 aliphatic carbocycles. The minimum atomic E-state index is -0.187. The molecule has 3 aromatic heterocycles. The molecule has 3 N–H and O–H groups in total. The summed E-state index contributed by atoms with van der Waals surface area (Å²) < 4.78 is 0. The number of carbonyl (C=O) groups is 2. The summed E-state index contributed by atoms with van der Waals surface area (Å²) in [5.41, 5.74) is 2.10. The molecular weight excluding hydrogens is 386 g/mol. The number of nitrogens with one attached hydrogen (secondary N) is 3. The number of fused-ring (bicyclic) bond motifs is 1. The highest BCUT2D eigenvalue weighted by molar-refractivity contribution is 7.17. The number of aromatic nitrogens is 3. The zero-order chi connectivity index (χ0) is 21.3. The van der Waals surface area contributed by atoms with E-state index in [0.717, 1.165) is 4.88 Å². The molecule has 3 aromatic rings. The van der Waals surface area contributed by atoms with E-state index in [1.54, 1.807) is 18.5 Å². The fourth-order valence-corrected chi connectivity index (χ4v) is 3.47. The van der Waals surface area contributed by atoms with Crippen molar-refractivity contribution in [1.82, 2.24) is 25.6 Å². The van der Waals surface area contributed by atoms with Crippen LogP contribution in [0.1, 0.15) is 61.6 Å². The molecule has 1 atom stereocenters.